The third-order valence-corrected chi connectivity index (χ3v) is 5.29. The average molecular weight is 401 g/mol. The molecule has 0 radical (unpaired) electrons. The van der Waals surface area contributed by atoms with Crippen LogP contribution in [0.25, 0.3) is 0 Å². The lowest BCUT2D eigenvalue weighted by Gasteiger charge is -2.26. The molecule has 0 bridgehead atoms. The number of rotatable bonds is 8. The van der Waals surface area contributed by atoms with Crippen molar-refractivity contribution in [2.75, 3.05) is 13.1 Å². The number of piperidine rings is 1. The first-order valence-electron chi connectivity index (χ1n) is 10.1. The summed E-state index contributed by atoms with van der Waals surface area (Å²) in [6, 6.07) is 15.6. The van der Waals surface area contributed by atoms with Gasteiger partial charge in [0.1, 0.15) is 5.75 Å². The number of amides is 1. The SMILES string of the molecule is CC[C@@H](Oc1cccc(Cl)c1)C(=O)NCc1cccc(CN2CCCCC2)c1. The van der Waals surface area contributed by atoms with E-state index in [0.717, 1.165) is 12.1 Å². The molecule has 4 nitrogen and oxygen atoms in total. The van der Waals surface area contributed by atoms with E-state index in [2.05, 4.69) is 34.5 Å². The fourth-order valence-electron chi connectivity index (χ4n) is 3.54. The molecule has 1 aliphatic rings. The van der Waals surface area contributed by atoms with Crippen LogP contribution in [0.2, 0.25) is 5.02 Å². The van der Waals surface area contributed by atoms with Gasteiger partial charge in [0, 0.05) is 18.1 Å². The number of benzene rings is 2. The van der Waals surface area contributed by atoms with Crippen molar-refractivity contribution in [2.45, 2.75) is 51.8 Å². The van der Waals surface area contributed by atoms with Gasteiger partial charge in [0.15, 0.2) is 6.10 Å². The molecule has 1 N–H and O–H groups in total. The Kier molecular flexibility index (Phi) is 7.75. The number of nitrogens with one attached hydrogen (secondary N) is 1. The van der Waals surface area contributed by atoms with Gasteiger partial charge in [-0.1, -0.05) is 55.3 Å². The lowest BCUT2D eigenvalue weighted by atomic mass is 10.1. The van der Waals surface area contributed by atoms with E-state index >= 15 is 0 Å². The molecule has 0 aliphatic carbocycles. The quantitative estimate of drug-likeness (QED) is 0.692. The van der Waals surface area contributed by atoms with Crippen molar-refractivity contribution in [1.82, 2.24) is 10.2 Å². The van der Waals surface area contributed by atoms with E-state index in [1.165, 1.54) is 37.9 Å². The van der Waals surface area contributed by atoms with Crippen LogP contribution < -0.4 is 10.1 Å². The maximum absolute atomic E-state index is 12.6. The van der Waals surface area contributed by atoms with Crippen LogP contribution >= 0.6 is 11.6 Å². The largest absolute Gasteiger partial charge is 0.481 e. The summed E-state index contributed by atoms with van der Waals surface area (Å²) in [4.78, 5) is 15.1. The molecule has 0 saturated carbocycles. The van der Waals surface area contributed by atoms with Gasteiger partial charge in [0.2, 0.25) is 0 Å². The topological polar surface area (TPSA) is 41.6 Å². The van der Waals surface area contributed by atoms with E-state index in [9.17, 15) is 4.79 Å². The molecular formula is C23H29ClN2O2. The molecule has 1 heterocycles. The van der Waals surface area contributed by atoms with Crippen molar-refractivity contribution in [1.29, 1.82) is 0 Å². The number of likely N-dealkylation sites (tertiary alicyclic amines) is 1. The van der Waals surface area contributed by atoms with Crippen molar-refractivity contribution in [2.24, 2.45) is 0 Å². The molecule has 1 aliphatic heterocycles. The molecule has 5 heteroatoms. The first kappa shape index (κ1) is 20.7. The molecule has 0 unspecified atom stereocenters. The third-order valence-electron chi connectivity index (χ3n) is 5.05. The summed E-state index contributed by atoms with van der Waals surface area (Å²) in [6.45, 7) is 5.79. The lowest BCUT2D eigenvalue weighted by molar-refractivity contribution is -0.128. The minimum Gasteiger partial charge on any atom is -0.481 e. The zero-order chi connectivity index (χ0) is 19.8. The smallest absolute Gasteiger partial charge is 0.261 e. The van der Waals surface area contributed by atoms with Crippen LogP contribution in [0.5, 0.6) is 5.75 Å². The van der Waals surface area contributed by atoms with Crippen LogP contribution in [0.3, 0.4) is 0 Å². The molecule has 3 rings (SSSR count). The van der Waals surface area contributed by atoms with Gasteiger partial charge in [-0.05, 0) is 61.7 Å². The number of ether oxygens (including phenoxy) is 1. The lowest BCUT2D eigenvalue weighted by Crippen LogP contribution is -2.37. The monoisotopic (exact) mass is 400 g/mol. The highest BCUT2D eigenvalue weighted by atomic mass is 35.5. The molecule has 2 aromatic rings. The fraction of sp³-hybridized carbons (Fsp3) is 0.435. The molecular weight excluding hydrogens is 372 g/mol. The Hall–Kier alpha value is -2.04. The zero-order valence-electron chi connectivity index (χ0n) is 16.5. The second-order valence-corrected chi connectivity index (χ2v) is 7.78. The molecule has 150 valence electrons. The summed E-state index contributed by atoms with van der Waals surface area (Å²) < 4.78 is 5.82. The van der Waals surface area contributed by atoms with Gasteiger partial charge in [0.05, 0.1) is 0 Å². The first-order chi connectivity index (χ1) is 13.6. The number of carbonyl (C=O) groups excluding carboxylic acids is 1. The highest BCUT2D eigenvalue weighted by Crippen LogP contribution is 2.19. The van der Waals surface area contributed by atoms with Crippen molar-refractivity contribution in [3.8, 4) is 5.75 Å². The van der Waals surface area contributed by atoms with E-state index in [1.807, 2.05) is 19.1 Å². The van der Waals surface area contributed by atoms with Gasteiger partial charge in [-0.25, -0.2) is 0 Å². The summed E-state index contributed by atoms with van der Waals surface area (Å²) in [7, 11) is 0. The van der Waals surface area contributed by atoms with Crippen LogP contribution in [-0.2, 0) is 17.9 Å². The fourth-order valence-corrected chi connectivity index (χ4v) is 3.72. The van der Waals surface area contributed by atoms with E-state index in [-0.39, 0.29) is 5.91 Å². The second kappa shape index (κ2) is 10.5. The second-order valence-electron chi connectivity index (χ2n) is 7.35. The van der Waals surface area contributed by atoms with Crippen LogP contribution in [0.4, 0.5) is 0 Å². The number of nitrogens with zero attached hydrogens (tertiary/aromatic N) is 1. The molecule has 0 spiro atoms. The highest BCUT2D eigenvalue weighted by molar-refractivity contribution is 6.30. The van der Waals surface area contributed by atoms with Gasteiger partial charge < -0.3 is 10.1 Å². The van der Waals surface area contributed by atoms with E-state index in [4.69, 9.17) is 16.3 Å². The third kappa shape index (κ3) is 6.25. The van der Waals surface area contributed by atoms with Gasteiger partial charge in [-0.2, -0.15) is 0 Å². The first-order valence-corrected chi connectivity index (χ1v) is 10.5. The van der Waals surface area contributed by atoms with Gasteiger partial charge >= 0.3 is 0 Å². The number of hydrogen-bond acceptors (Lipinski definition) is 3. The summed E-state index contributed by atoms with van der Waals surface area (Å²) in [6.07, 6.45) is 3.99. The van der Waals surface area contributed by atoms with Gasteiger partial charge in [-0.3, -0.25) is 9.69 Å². The van der Waals surface area contributed by atoms with Crippen LogP contribution in [0.15, 0.2) is 48.5 Å². The van der Waals surface area contributed by atoms with Crippen LogP contribution in [-0.4, -0.2) is 30.0 Å². The highest BCUT2D eigenvalue weighted by Gasteiger charge is 2.18. The molecule has 2 aromatic carbocycles. The number of hydrogen-bond donors (Lipinski definition) is 1. The van der Waals surface area contributed by atoms with E-state index in [0.29, 0.717) is 23.7 Å². The zero-order valence-corrected chi connectivity index (χ0v) is 17.3. The molecule has 0 aromatic heterocycles. The number of halogens is 1. The molecule has 1 amide bonds. The average Bonchev–Trinajstić information content (AvgIpc) is 2.71. The van der Waals surface area contributed by atoms with Crippen molar-refractivity contribution in [3.63, 3.8) is 0 Å². The van der Waals surface area contributed by atoms with Crippen LogP contribution in [0.1, 0.15) is 43.7 Å². The van der Waals surface area contributed by atoms with Gasteiger partial charge in [0.25, 0.3) is 5.91 Å². The Morgan fingerprint density at radius 2 is 1.86 bits per heavy atom. The molecule has 1 saturated heterocycles. The minimum absolute atomic E-state index is 0.107. The Balaban J connectivity index is 1.53. The van der Waals surface area contributed by atoms with Crippen molar-refractivity contribution < 1.29 is 9.53 Å². The number of carbonyl (C=O) groups is 1. The van der Waals surface area contributed by atoms with E-state index in [1.54, 1.807) is 12.1 Å². The predicted octanol–water partition coefficient (Wildman–Crippen LogP) is 4.80. The molecule has 1 atom stereocenters. The summed E-state index contributed by atoms with van der Waals surface area (Å²) >= 11 is 5.99. The van der Waals surface area contributed by atoms with Crippen LogP contribution in [0, 0.1) is 0 Å². The Bertz CT molecular complexity index is 775. The minimum atomic E-state index is -0.532. The molecule has 1 fully saturated rings. The van der Waals surface area contributed by atoms with Gasteiger partial charge in [-0.15, -0.1) is 0 Å². The maximum atomic E-state index is 12.6. The standard InChI is InChI=1S/C23H29ClN2O2/c1-2-22(28-21-11-7-10-20(24)15-21)23(27)25-16-18-8-6-9-19(14-18)17-26-12-4-3-5-13-26/h6-11,14-15,22H,2-5,12-13,16-17H2,1H3,(H,25,27)/t22-/m1/s1. The summed E-state index contributed by atoms with van der Waals surface area (Å²) in [5, 5.41) is 3.60. The van der Waals surface area contributed by atoms with E-state index < -0.39 is 6.10 Å². The van der Waals surface area contributed by atoms with Crippen molar-refractivity contribution in [3.05, 3.63) is 64.7 Å². The Morgan fingerprint density at radius 1 is 1.11 bits per heavy atom. The normalized spacial score (nSPS) is 15.8. The molecule has 28 heavy (non-hydrogen) atoms. The summed E-state index contributed by atoms with van der Waals surface area (Å²) in [5.74, 6) is 0.502. The Labute approximate surface area is 172 Å². The Morgan fingerprint density at radius 3 is 2.61 bits per heavy atom. The summed E-state index contributed by atoms with van der Waals surface area (Å²) in [5.41, 5.74) is 2.41. The maximum Gasteiger partial charge on any atom is 0.261 e. The van der Waals surface area contributed by atoms with Crippen molar-refractivity contribution >= 4 is 17.5 Å². The predicted molar refractivity (Wildman–Crippen MR) is 114 cm³/mol.